The number of rotatable bonds is 7. The van der Waals surface area contributed by atoms with Crippen LogP contribution in [0.25, 0.3) is 11.1 Å². The monoisotopic (exact) mass is 399 g/mol. The molecule has 3 aromatic rings. The lowest BCUT2D eigenvalue weighted by Crippen LogP contribution is -2.40. The fraction of sp³-hybridized carbons (Fsp3) is 0.217. The molecule has 0 radical (unpaired) electrons. The largest absolute Gasteiger partial charge is 0.470 e. The highest BCUT2D eigenvalue weighted by Crippen LogP contribution is 2.31. The highest BCUT2D eigenvalue weighted by atomic mass is 16.5. The van der Waals surface area contributed by atoms with Crippen molar-refractivity contribution >= 4 is 12.0 Å². The summed E-state index contributed by atoms with van der Waals surface area (Å²) in [6.07, 6.45) is 5.02. The predicted molar refractivity (Wildman–Crippen MR) is 113 cm³/mol. The summed E-state index contributed by atoms with van der Waals surface area (Å²) in [6, 6.07) is 15.3. The first-order chi connectivity index (χ1) is 14.7. The molecule has 1 unspecified atom stereocenters. The maximum Gasteiger partial charge on any atom is 0.237 e. The van der Waals surface area contributed by atoms with Gasteiger partial charge in [0.15, 0.2) is 6.29 Å². The number of hydrogen-bond donors (Lipinski definition) is 2. The molecule has 150 valence electrons. The minimum absolute atomic E-state index is 0.00893. The van der Waals surface area contributed by atoms with Gasteiger partial charge in [0.25, 0.3) is 0 Å². The van der Waals surface area contributed by atoms with Gasteiger partial charge in [0.2, 0.25) is 5.88 Å². The van der Waals surface area contributed by atoms with E-state index in [1.165, 1.54) is 5.56 Å². The van der Waals surface area contributed by atoms with Gasteiger partial charge in [-0.05, 0) is 42.8 Å². The van der Waals surface area contributed by atoms with Crippen LogP contribution in [0.4, 0.5) is 5.69 Å². The molecule has 0 saturated carbocycles. The number of nitrogens with zero attached hydrogens (tertiary/aromatic N) is 3. The number of aromatic nitrogens is 2. The number of nitrogens with one attached hydrogen (secondary N) is 2. The molecular weight excluding hydrogens is 378 g/mol. The van der Waals surface area contributed by atoms with Gasteiger partial charge in [-0.25, -0.2) is 4.98 Å². The fourth-order valence-electron chi connectivity index (χ4n) is 3.26. The van der Waals surface area contributed by atoms with Crippen LogP contribution in [0, 0.1) is 11.3 Å². The number of hydrogen-bond acceptors (Lipinski definition) is 7. The van der Waals surface area contributed by atoms with E-state index in [1.54, 1.807) is 18.5 Å². The molecule has 1 atom stereocenters. The predicted octanol–water partition coefficient (Wildman–Crippen LogP) is 2.83. The zero-order valence-corrected chi connectivity index (χ0v) is 16.3. The second-order valence-corrected chi connectivity index (χ2v) is 7.05. The summed E-state index contributed by atoms with van der Waals surface area (Å²) >= 11 is 0. The number of anilines is 1. The van der Waals surface area contributed by atoms with Crippen LogP contribution in [0.3, 0.4) is 0 Å². The maximum atomic E-state index is 10.7. The summed E-state index contributed by atoms with van der Waals surface area (Å²) in [6.45, 7) is 2.22. The second-order valence-electron chi connectivity index (χ2n) is 7.05. The summed E-state index contributed by atoms with van der Waals surface area (Å²) < 4.78 is 6.01. The quantitative estimate of drug-likeness (QED) is 0.465. The topological polar surface area (TPSA) is 99.9 Å². The molecule has 0 aliphatic carbocycles. The van der Waals surface area contributed by atoms with E-state index in [2.05, 4.69) is 26.7 Å². The van der Waals surface area contributed by atoms with Gasteiger partial charge in [-0.3, -0.25) is 9.78 Å². The van der Waals surface area contributed by atoms with E-state index >= 15 is 0 Å². The third kappa shape index (κ3) is 4.62. The minimum atomic E-state index is -0.00893. The summed E-state index contributed by atoms with van der Waals surface area (Å²) in [7, 11) is 0. The first-order valence-electron chi connectivity index (χ1n) is 9.77. The minimum Gasteiger partial charge on any atom is -0.470 e. The lowest BCUT2D eigenvalue weighted by atomic mass is 10.1. The zero-order chi connectivity index (χ0) is 20.8. The Morgan fingerprint density at radius 3 is 2.73 bits per heavy atom. The molecule has 4 rings (SSSR count). The van der Waals surface area contributed by atoms with Crippen molar-refractivity contribution in [2.24, 2.45) is 0 Å². The van der Waals surface area contributed by atoms with E-state index in [4.69, 9.17) is 10.00 Å². The summed E-state index contributed by atoms with van der Waals surface area (Å²) in [5, 5.41) is 15.6. The molecule has 0 amide bonds. The molecule has 7 heteroatoms. The fourth-order valence-corrected chi connectivity index (χ4v) is 3.26. The molecule has 0 spiro atoms. The standard InChI is InChI=1S/C23H21N5O2/c24-10-17-3-1-16(2-4-17)7-8-25-13-21-14-27-22-9-19(12-28-23(22)30-21)18-5-6-20(15-29)26-11-18/h1-6,9,11-12,15,21,25,27H,7-8,13-14H2. The molecular formula is C23H21N5O2. The van der Waals surface area contributed by atoms with E-state index in [-0.39, 0.29) is 6.10 Å². The Balaban J connectivity index is 1.29. The van der Waals surface area contributed by atoms with Crippen molar-refractivity contribution < 1.29 is 9.53 Å². The SMILES string of the molecule is N#Cc1ccc(CCNCC2CNc3cc(-c4ccc(C=O)nc4)cnc3O2)cc1. The third-order valence-corrected chi connectivity index (χ3v) is 4.94. The Hall–Kier alpha value is -3.76. The number of ether oxygens (including phenoxy) is 1. The first kappa shape index (κ1) is 19.6. The molecule has 7 nitrogen and oxygen atoms in total. The number of carbonyl (C=O) groups is 1. The normalized spacial score (nSPS) is 14.7. The molecule has 30 heavy (non-hydrogen) atoms. The second kappa shape index (κ2) is 9.16. The van der Waals surface area contributed by atoms with Gasteiger partial charge in [0, 0.05) is 30.1 Å². The van der Waals surface area contributed by atoms with E-state index in [1.807, 2.05) is 36.4 Å². The van der Waals surface area contributed by atoms with Gasteiger partial charge < -0.3 is 15.4 Å². The zero-order valence-electron chi connectivity index (χ0n) is 16.3. The first-order valence-corrected chi connectivity index (χ1v) is 9.77. The van der Waals surface area contributed by atoms with E-state index in [0.717, 1.165) is 36.1 Å². The number of fused-ring (bicyclic) bond motifs is 1. The van der Waals surface area contributed by atoms with Crippen LogP contribution in [0.2, 0.25) is 0 Å². The summed E-state index contributed by atoms with van der Waals surface area (Å²) in [4.78, 5) is 19.3. The van der Waals surface area contributed by atoms with Crippen LogP contribution in [0.15, 0.2) is 54.9 Å². The number of carbonyl (C=O) groups excluding carboxylic acids is 1. The van der Waals surface area contributed by atoms with Crippen molar-refractivity contribution in [2.75, 3.05) is 25.0 Å². The van der Waals surface area contributed by atoms with Crippen LogP contribution in [-0.4, -0.2) is 42.0 Å². The average molecular weight is 399 g/mol. The van der Waals surface area contributed by atoms with Crippen molar-refractivity contribution in [1.29, 1.82) is 5.26 Å². The highest BCUT2D eigenvalue weighted by Gasteiger charge is 2.20. The lowest BCUT2D eigenvalue weighted by molar-refractivity contribution is 0.111. The molecule has 1 aliphatic heterocycles. The van der Waals surface area contributed by atoms with Gasteiger partial charge in [0.1, 0.15) is 11.8 Å². The molecule has 0 saturated heterocycles. The molecule has 0 bridgehead atoms. The van der Waals surface area contributed by atoms with Gasteiger partial charge in [-0.1, -0.05) is 18.2 Å². The van der Waals surface area contributed by atoms with Crippen molar-refractivity contribution in [2.45, 2.75) is 12.5 Å². The smallest absolute Gasteiger partial charge is 0.237 e. The van der Waals surface area contributed by atoms with Crippen molar-refractivity contribution in [3.63, 3.8) is 0 Å². The van der Waals surface area contributed by atoms with Crippen molar-refractivity contribution in [1.82, 2.24) is 15.3 Å². The van der Waals surface area contributed by atoms with Crippen molar-refractivity contribution in [3.05, 3.63) is 71.7 Å². The van der Waals surface area contributed by atoms with Gasteiger partial charge in [-0.2, -0.15) is 5.26 Å². The number of nitriles is 1. The molecule has 1 aliphatic rings. The Kier molecular flexibility index (Phi) is 5.97. The van der Waals surface area contributed by atoms with Crippen LogP contribution < -0.4 is 15.4 Å². The van der Waals surface area contributed by atoms with E-state index in [9.17, 15) is 4.79 Å². The highest BCUT2D eigenvalue weighted by molar-refractivity contribution is 5.74. The van der Waals surface area contributed by atoms with Crippen LogP contribution >= 0.6 is 0 Å². The van der Waals surface area contributed by atoms with Crippen LogP contribution in [0.1, 0.15) is 21.6 Å². The number of benzene rings is 1. The molecule has 2 N–H and O–H groups in total. The number of aldehydes is 1. The lowest BCUT2D eigenvalue weighted by Gasteiger charge is -2.27. The average Bonchev–Trinajstić information content (AvgIpc) is 2.82. The van der Waals surface area contributed by atoms with Crippen molar-refractivity contribution in [3.8, 4) is 23.1 Å². The Labute approximate surface area is 174 Å². The molecule has 0 fully saturated rings. The van der Waals surface area contributed by atoms with Gasteiger partial charge in [0.05, 0.1) is 23.9 Å². The van der Waals surface area contributed by atoms with Crippen LogP contribution in [0.5, 0.6) is 5.88 Å². The summed E-state index contributed by atoms with van der Waals surface area (Å²) in [5.74, 6) is 0.585. The van der Waals surface area contributed by atoms with E-state index < -0.39 is 0 Å². The van der Waals surface area contributed by atoms with Gasteiger partial charge in [-0.15, -0.1) is 0 Å². The Morgan fingerprint density at radius 2 is 2.00 bits per heavy atom. The Morgan fingerprint density at radius 1 is 1.17 bits per heavy atom. The molecule has 3 heterocycles. The Bertz CT molecular complexity index is 1060. The molecule has 2 aromatic heterocycles. The third-order valence-electron chi connectivity index (χ3n) is 4.94. The van der Waals surface area contributed by atoms with Crippen LogP contribution in [-0.2, 0) is 6.42 Å². The number of pyridine rings is 2. The van der Waals surface area contributed by atoms with E-state index in [0.29, 0.717) is 30.2 Å². The van der Waals surface area contributed by atoms with Gasteiger partial charge >= 0.3 is 0 Å². The summed E-state index contributed by atoms with van der Waals surface area (Å²) in [5.41, 5.74) is 4.93. The maximum absolute atomic E-state index is 10.7. The molecule has 1 aromatic carbocycles.